The first kappa shape index (κ1) is 25.9. The van der Waals surface area contributed by atoms with E-state index in [1.54, 1.807) is 29.2 Å². The van der Waals surface area contributed by atoms with Crippen LogP contribution in [0.5, 0.6) is 0 Å². The Morgan fingerprint density at radius 1 is 0.925 bits per heavy atom. The monoisotopic (exact) mass is 527 g/mol. The van der Waals surface area contributed by atoms with Crippen molar-refractivity contribution < 1.29 is 4.79 Å². The van der Waals surface area contributed by atoms with Gasteiger partial charge in [-0.2, -0.15) is 0 Å². The number of amides is 1. The van der Waals surface area contributed by atoms with Gasteiger partial charge in [-0.15, -0.1) is 5.10 Å². The fourth-order valence-corrected chi connectivity index (χ4v) is 4.35. The smallest absolute Gasteiger partial charge is 0.264 e. The van der Waals surface area contributed by atoms with E-state index in [1.807, 2.05) is 66.7 Å². The zero-order valence-electron chi connectivity index (χ0n) is 21.7. The van der Waals surface area contributed by atoms with Crippen LogP contribution in [0.4, 0.5) is 5.82 Å². The number of fused-ring (bicyclic) bond motifs is 2. The molecule has 6 rings (SSSR count). The topological polar surface area (TPSA) is 134 Å². The van der Waals surface area contributed by atoms with Crippen LogP contribution in [0.1, 0.15) is 34.2 Å². The molecule has 40 heavy (non-hydrogen) atoms. The van der Waals surface area contributed by atoms with Crippen molar-refractivity contribution in [2.45, 2.75) is 13.3 Å². The highest BCUT2D eigenvalue weighted by Crippen LogP contribution is 2.19. The lowest BCUT2D eigenvalue weighted by Crippen LogP contribution is -2.22. The molecule has 0 atom stereocenters. The minimum Gasteiger partial charge on any atom is -0.381 e. The molecule has 4 N–H and O–H groups in total. The zero-order chi connectivity index (χ0) is 28.1. The van der Waals surface area contributed by atoms with Gasteiger partial charge in [0.05, 0.1) is 5.39 Å². The molecular weight excluding hydrogens is 502 g/mol. The third-order valence-corrected chi connectivity index (χ3v) is 6.16. The van der Waals surface area contributed by atoms with Gasteiger partial charge in [0.25, 0.3) is 11.5 Å². The maximum atomic E-state index is 13.4. The van der Waals surface area contributed by atoms with E-state index in [0.29, 0.717) is 16.7 Å². The summed E-state index contributed by atoms with van der Waals surface area (Å²) < 4.78 is 3.20. The number of aromatic nitrogens is 5. The molecule has 196 valence electrons. The highest BCUT2D eigenvalue weighted by atomic mass is 16.1. The van der Waals surface area contributed by atoms with E-state index in [2.05, 4.69) is 39.9 Å². The van der Waals surface area contributed by atoms with Crippen LogP contribution in [0.2, 0.25) is 0 Å². The highest BCUT2D eigenvalue weighted by molar-refractivity contribution is 6.03. The number of aryl methyl sites for hydroxylation is 1. The van der Waals surface area contributed by atoms with Crippen LogP contribution in [-0.2, 0) is 6.42 Å². The molecule has 9 nitrogen and oxygen atoms in total. The summed E-state index contributed by atoms with van der Waals surface area (Å²) in [5.41, 5.74) is 14.4. The van der Waals surface area contributed by atoms with E-state index in [1.165, 1.54) is 4.52 Å². The second kappa shape index (κ2) is 11.3. The van der Waals surface area contributed by atoms with Crippen molar-refractivity contribution in [1.29, 1.82) is 0 Å². The number of para-hydroxylation sites is 1. The molecule has 9 heteroatoms. The van der Waals surface area contributed by atoms with Crippen molar-refractivity contribution in [2.24, 2.45) is 5.73 Å². The van der Waals surface area contributed by atoms with E-state index < -0.39 is 5.91 Å². The lowest BCUT2D eigenvalue weighted by atomic mass is 10.0. The third-order valence-electron chi connectivity index (χ3n) is 6.16. The maximum Gasteiger partial charge on any atom is 0.264 e. The molecule has 0 saturated heterocycles. The summed E-state index contributed by atoms with van der Waals surface area (Å²) in [4.78, 5) is 32.5. The van der Waals surface area contributed by atoms with Gasteiger partial charge in [0, 0.05) is 35.5 Å². The Morgan fingerprint density at radius 2 is 1.70 bits per heavy atom. The molecule has 0 fully saturated rings. The molecule has 6 aromatic rings. The average molecular weight is 528 g/mol. The van der Waals surface area contributed by atoms with Gasteiger partial charge in [-0.3, -0.25) is 14.2 Å². The Bertz CT molecular complexity index is 1950. The average Bonchev–Trinajstić information content (AvgIpc) is 3.33. The van der Waals surface area contributed by atoms with Gasteiger partial charge < -0.3 is 11.5 Å². The quantitative estimate of drug-likeness (QED) is 0.337. The molecule has 1 amide bonds. The standard InChI is InChI=1S/C24H18N2O.C7H7N5O/c1-2-21-17-19-10-8-9-18(14-15-20-11-6-7-16-25-20)23(19)24(27)26(21)22-12-4-3-5-13-22;8-5-4(6(9)13)7-10-2-1-3-12(7)11-5/h3-13,16-17H,2H2,1H3;1-3H,(H2,8,11)(H2,9,13). The van der Waals surface area contributed by atoms with Gasteiger partial charge in [-0.25, -0.2) is 14.5 Å². The van der Waals surface area contributed by atoms with Crippen molar-refractivity contribution >= 4 is 28.1 Å². The summed E-state index contributed by atoms with van der Waals surface area (Å²) in [7, 11) is 0. The van der Waals surface area contributed by atoms with Crippen LogP contribution in [0.3, 0.4) is 0 Å². The minimum absolute atomic E-state index is 0.0403. The van der Waals surface area contributed by atoms with Gasteiger partial charge in [-0.1, -0.05) is 49.2 Å². The van der Waals surface area contributed by atoms with E-state index in [-0.39, 0.29) is 16.9 Å². The second-order valence-electron chi connectivity index (χ2n) is 8.71. The summed E-state index contributed by atoms with van der Waals surface area (Å²) in [6.45, 7) is 2.06. The molecule has 4 aromatic heterocycles. The Labute approximate surface area is 229 Å². The molecule has 0 aliphatic carbocycles. The number of carbonyl (C=O) groups excluding carboxylic acids is 1. The second-order valence-corrected chi connectivity index (χ2v) is 8.71. The molecule has 0 bridgehead atoms. The Kier molecular flexibility index (Phi) is 7.33. The van der Waals surface area contributed by atoms with Gasteiger partial charge in [-0.05, 0) is 60.2 Å². The van der Waals surface area contributed by atoms with Gasteiger partial charge in [0.1, 0.15) is 11.3 Å². The Balaban J connectivity index is 0.000000207. The first-order valence-corrected chi connectivity index (χ1v) is 12.5. The fourth-order valence-electron chi connectivity index (χ4n) is 4.35. The predicted octanol–water partition coefficient (Wildman–Crippen LogP) is 3.76. The Hall–Kier alpha value is -5.75. The molecule has 0 aliphatic heterocycles. The van der Waals surface area contributed by atoms with Crippen LogP contribution in [0.25, 0.3) is 22.1 Å². The van der Waals surface area contributed by atoms with E-state index in [0.717, 1.165) is 28.8 Å². The van der Waals surface area contributed by atoms with Crippen molar-refractivity contribution in [1.82, 2.24) is 24.1 Å². The number of nitrogens with zero attached hydrogens (tertiary/aromatic N) is 5. The van der Waals surface area contributed by atoms with E-state index in [9.17, 15) is 9.59 Å². The number of pyridine rings is 2. The lowest BCUT2D eigenvalue weighted by Gasteiger charge is -2.14. The van der Waals surface area contributed by atoms with Crippen LogP contribution >= 0.6 is 0 Å². The van der Waals surface area contributed by atoms with Crippen LogP contribution in [0.15, 0.2) is 102 Å². The van der Waals surface area contributed by atoms with Crippen LogP contribution in [-0.4, -0.2) is 30.1 Å². The summed E-state index contributed by atoms with van der Waals surface area (Å²) >= 11 is 0. The number of carbonyl (C=O) groups is 1. The summed E-state index contributed by atoms with van der Waals surface area (Å²) in [5, 5.41) is 5.42. The van der Waals surface area contributed by atoms with E-state index in [4.69, 9.17) is 11.5 Å². The van der Waals surface area contributed by atoms with Crippen molar-refractivity contribution in [2.75, 3.05) is 5.73 Å². The largest absolute Gasteiger partial charge is 0.381 e. The van der Waals surface area contributed by atoms with Crippen molar-refractivity contribution in [3.05, 3.63) is 130 Å². The number of hydrogen-bond donors (Lipinski definition) is 2. The number of rotatable bonds is 3. The molecule has 0 aliphatic rings. The number of benzene rings is 2. The molecule has 2 aromatic carbocycles. The SMILES string of the molecule is CCc1cc2cccc(C#Cc3ccccn3)c2c(=O)n1-c1ccccc1.NC(=O)c1c(N)nn2cccnc12. The number of hydrogen-bond acceptors (Lipinski definition) is 6. The van der Waals surface area contributed by atoms with Crippen molar-refractivity contribution in [3.8, 4) is 17.5 Å². The first-order chi connectivity index (χ1) is 19.5. The number of primary amides is 1. The highest BCUT2D eigenvalue weighted by Gasteiger charge is 2.15. The summed E-state index contributed by atoms with van der Waals surface area (Å²) in [6.07, 6.45) is 5.67. The van der Waals surface area contributed by atoms with Crippen molar-refractivity contribution in [3.63, 3.8) is 0 Å². The minimum atomic E-state index is -0.619. The number of anilines is 1. The summed E-state index contributed by atoms with van der Waals surface area (Å²) in [6, 6.07) is 24.9. The number of nitrogens with two attached hydrogens (primary N) is 2. The Morgan fingerprint density at radius 3 is 2.42 bits per heavy atom. The molecule has 0 saturated carbocycles. The van der Waals surface area contributed by atoms with Crippen LogP contribution in [0, 0.1) is 11.8 Å². The molecule has 0 unspecified atom stereocenters. The maximum absolute atomic E-state index is 13.4. The van der Waals surface area contributed by atoms with Gasteiger partial charge >= 0.3 is 0 Å². The third kappa shape index (κ3) is 5.14. The predicted molar refractivity (Wildman–Crippen MR) is 155 cm³/mol. The van der Waals surface area contributed by atoms with E-state index >= 15 is 0 Å². The summed E-state index contributed by atoms with van der Waals surface area (Å²) in [5.74, 6) is 5.68. The lowest BCUT2D eigenvalue weighted by molar-refractivity contribution is 0.100. The molecule has 0 radical (unpaired) electrons. The van der Waals surface area contributed by atoms with Gasteiger partial charge in [0.2, 0.25) is 0 Å². The first-order valence-electron chi connectivity index (χ1n) is 12.5. The number of nitrogen functional groups attached to an aromatic ring is 1. The molecular formula is C31H25N7O2. The molecule has 0 spiro atoms. The van der Waals surface area contributed by atoms with Gasteiger partial charge in [0.15, 0.2) is 11.5 Å². The zero-order valence-corrected chi connectivity index (χ0v) is 21.7. The normalized spacial score (nSPS) is 10.4. The van der Waals surface area contributed by atoms with Crippen LogP contribution < -0.4 is 17.0 Å². The fraction of sp³-hybridized carbons (Fsp3) is 0.0645. The molecule has 4 heterocycles.